The molecule has 18 heavy (non-hydrogen) atoms. The van der Waals surface area contributed by atoms with Crippen molar-refractivity contribution in [2.75, 3.05) is 12.4 Å². The Bertz CT molecular complexity index is 517. The molecule has 0 aliphatic heterocycles. The van der Waals surface area contributed by atoms with Crippen LogP contribution in [0.3, 0.4) is 0 Å². The molecule has 1 heterocycles. The lowest BCUT2D eigenvalue weighted by Gasteiger charge is -2.09. The Morgan fingerprint density at radius 1 is 1.11 bits per heavy atom. The number of benzene rings is 1. The van der Waals surface area contributed by atoms with E-state index in [-0.39, 0.29) is 0 Å². The fraction of sp³-hybridized carbons (Fsp3) is 0.214. The second kappa shape index (κ2) is 6.52. The molecule has 3 nitrogen and oxygen atoms in total. The van der Waals surface area contributed by atoms with Gasteiger partial charge < -0.3 is 10.1 Å². The molecular formula is C14H15BrN2O. The maximum atomic E-state index is 5.72. The summed E-state index contributed by atoms with van der Waals surface area (Å²) in [5, 5.41) is 3.06. The Kier molecular flexibility index (Phi) is 4.73. The van der Waals surface area contributed by atoms with Crippen LogP contribution >= 0.6 is 15.9 Å². The number of halogens is 1. The van der Waals surface area contributed by atoms with E-state index in [1.165, 1.54) is 0 Å². The zero-order valence-corrected chi connectivity index (χ0v) is 11.8. The molecule has 4 heteroatoms. The van der Waals surface area contributed by atoms with Gasteiger partial charge in [-0.15, -0.1) is 0 Å². The van der Waals surface area contributed by atoms with Crippen LogP contribution in [0.1, 0.15) is 11.1 Å². The van der Waals surface area contributed by atoms with Crippen molar-refractivity contribution in [2.45, 2.75) is 13.2 Å². The first kappa shape index (κ1) is 13.1. The summed E-state index contributed by atoms with van der Waals surface area (Å²) in [5.74, 6) is 0.865. The molecule has 0 unspecified atom stereocenters. The fourth-order valence-corrected chi connectivity index (χ4v) is 2.07. The predicted octanol–water partition coefficient (Wildman–Crippen LogP) is 3.60. The molecule has 0 saturated carbocycles. The first-order valence-corrected chi connectivity index (χ1v) is 6.53. The van der Waals surface area contributed by atoms with E-state index in [0.29, 0.717) is 13.2 Å². The van der Waals surface area contributed by atoms with Crippen LogP contribution in [0.5, 0.6) is 0 Å². The second-order valence-electron chi connectivity index (χ2n) is 3.85. The molecule has 1 aromatic heterocycles. The highest BCUT2D eigenvalue weighted by Gasteiger charge is 2.03. The highest BCUT2D eigenvalue weighted by Crippen LogP contribution is 2.18. The van der Waals surface area contributed by atoms with Crippen LogP contribution in [0.2, 0.25) is 0 Å². The minimum absolute atomic E-state index is 0.547. The molecule has 0 aliphatic carbocycles. The lowest BCUT2D eigenvalue weighted by atomic mass is 10.2. The number of hydrogen-bond donors (Lipinski definition) is 1. The van der Waals surface area contributed by atoms with Crippen LogP contribution in [0.4, 0.5) is 5.82 Å². The van der Waals surface area contributed by atoms with Crippen molar-refractivity contribution >= 4 is 21.7 Å². The summed E-state index contributed by atoms with van der Waals surface area (Å²) < 4.78 is 6.79. The zero-order valence-electron chi connectivity index (χ0n) is 10.2. The quantitative estimate of drug-likeness (QED) is 0.916. The van der Waals surface area contributed by atoms with Crippen molar-refractivity contribution < 1.29 is 4.74 Å². The maximum Gasteiger partial charge on any atom is 0.131 e. The lowest BCUT2D eigenvalue weighted by molar-refractivity contribution is 0.107. The lowest BCUT2D eigenvalue weighted by Crippen LogP contribution is -2.01. The summed E-state index contributed by atoms with van der Waals surface area (Å²) in [6, 6.07) is 12.0. The van der Waals surface area contributed by atoms with E-state index in [4.69, 9.17) is 4.74 Å². The largest absolute Gasteiger partial charge is 0.373 e. The average Bonchev–Trinajstić information content (AvgIpc) is 2.41. The van der Waals surface area contributed by atoms with Gasteiger partial charge in [0.2, 0.25) is 0 Å². The van der Waals surface area contributed by atoms with E-state index in [2.05, 4.69) is 26.2 Å². The Hall–Kier alpha value is -1.39. The van der Waals surface area contributed by atoms with E-state index in [0.717, 1.165) is 21.4 Å². The molecule has 0 fully saturated rings. The van der Waals surface area contributed by atoms with Crippen molar-refractivity contribution in [3.8, 4) is 0 Å². The minimum atomic E-state index is 0.547. The number of rotatable bonds is 5. The average molecular weight is 307 g/mol. The van der Waals surface area contributed by atoms with Gasteiger partial charge in [0.05, 0.1) is 13.2 Å². The number of hydrogen-bond acceptors (Lipinski definition) is 3. The summed E-state index contributed by atoms with van der Waals surface area (Å²) >= 11 is 3.51. The first-order valence-electron chi connectivity index (χ1n) is 5.74. The third-order valence-corrected chi connectivity index (χ3v) is 3.37. The van der Waals surface area contributed by atoms with Gasteiger partial charge in [0.15, 0.2) is 0 Å². The Morgan fingerprint density at radius 2 is 1.83 bits per heavy atom. The standard InChI is InChI=1S/C14H15BrN2O/c1-16-14-12(6-4-8-17-14)10-18-9-11-5-2-3-7-13(11)15/h2-8H,9-10H2,1H3,(H,16,17). The van der Waals surface area contributed by atoms with Gasteiger partial charge in [-0.05, 0) is 17.7 Å². The topological polar surface area (TPSA) is 34.2 Å². The van der Waals surface area contributed by atoms with Gasteiger partial charge in [0, 0.05) is 23.3 Å². The number of nitrogens with one attached hydrogen (secondary N) is 1. The smallest absolute Gasteiger partial charge is 0.131 e. The van der Waals surface area contributed by atoms with Crippen LogP contribution < -0.4 is 5.32 Å². The molecule has 0 amide bonds. The molecule has 94 valence electrons. The third-order valence-electron chi connectivity index (χ3n) is 2.60. The zero-order chi connectivity index (χ0) is 12.8. The third kappa shape index (κ3) is 3.31. The first-order chi connectivity index (χ1) is 8.81. The molecular weight excluding hydrogens is 292 g/mol. The molecule has 0 aliphatic rings. The van der Waals surface area contributed by atoms with Gasteiger partial charge in [-0.1, -0.05) is 40.2 Å². The van der Waals surface area contributed by atoms with Gasteiger partial charge in [0.1, 0.15) is 5.82 Å². The molecule has 1 aromatic carbocycles. The van der Waals surface area contributed by atoms with Gasteiger partial charge in [0.25, 0.3) is 0 Å². The van der Waals surface area contributed by atoms with Crippen LogP contribution in [-0.4, -0.2) is 12.0 Å². The van der Waals surface area contributed by atoms with Crippen molar-refractivity contribution in [1.29, 1.82) is 0 Å². The summed E-state index contributed by atoms with van der Waals surface area (Å²) in [5.41, 5.74) is 2.21. The molecule has 0 radical (unpaired) electrons. The predicted molar refractivity (Wildman–Crippen MR) is 76.4 cm³/mol. The minimum Gasteiger partial charge on any atom is -0.373 e. The van der Waals surface area contributed by atoms with E-state index >= 15 is 0 Å². The van der Waals surface area contributed by atoms with Gasteiger partial charge >= 0.3 is 0 Å². The molecule has 2 rings (SSSR count). The number of nitrogens with zero attached hydrogens (tertiary/aromatic N) is 1. The molecule has 0 atom stereocenters. The molecule has 0 saturated heterocycles. The van der Waals surface area contributed by atoms with Crippen molar-refractivity contribution in [3.05, 3.63) is 58.2 Å². The molecule has 1 N–H and O–H groups in total. The van der Waals surface area contributed by atoms with Crippen LogP contribution in [0.15, 0.2) is 47.1 Å². The van der Waals surface area contributed by atoms with E-state index in [9.17, 15) is 0 Å². The number of pyridine rings is 1. The Morgan fingerprint density at radius 3 is 2.61 bits per heavy atom. The van der Waals surface area contributed by atoms with Crippen molar-refractivity contribution in [1.82, 2.24) is 4.98 Å². The summed E-state index contributed by atoms with van der Waals surface area (Å²) in [6.07, 6.45) is 1.77. The summed E-state index contributed by atoms with van der Waals surface area (Å²) in [6.45, 7) is 1.13. The highest BCUT2D eigenvalue weighted by molar-refractivity contribution is 9.10. The number of ether oxygens (including phenoxy) is 1. The summed E-state index contributed by atoms with van der Waals surface area (Å²) in [4.78, 5) is 4.24. The van der Waals surface area contributed by atoms with Crippen LogP contribution in [0.25, 0.3) is 0 Å². The number of aromatic nitrogens is 1. The maximum absolute atomic E-state index is 5.72. The highest BCUT2D eigenvalue weighted by atomic mass is 79.9. The Balaban J connectivity index is 1.95. The summed E-state index contributed by atoms with van der Waals surface area (Å²) in [7, 11) is 1.86. The van der Waals surface area contributed by atoms with E-state index in [1.54, 1.807) is 6.20 Å². The van der Waals surface area contributed by atoms with Crippen molar-refractivity contribution in [3.63, 3.8) is 0 Å². The normalized spacial score (nSPS) is 10.3. The van der Waals surface area contributed by atoms with Crippen LogP contribution in [-0.2, 0) is 18.0 Å². The monoisotopic (exact) mass is 306 g/mol. The molecule has 0 spiro atoms. The van der Waals surface area contributed by atoms with Crippen LogP contribution in [0, 0.1) is 0 Å². The van der Waals surface area contributed by atoms with E-state index in [1.807, 2.05) is 43.4 Å². The molecule has 2 aromatic rings. The van der Waals surface area contributed by atoms with E-state index < -0.39 is 0 Å². The second-order valence-corrected chi connectivity index (χ2v) is 4.70. The fourth-order valence-electron chi connectivity index (χ4n) is 1.67. The Labute approximate surface area is 115 Å². The molecule has 0 bridgehead atoms. The SMILES string of the molecule is CNc1ncccc1COCc1ccccc1Br. The van der Waals surface area contributed by atoms with Gasteiger partial charge in [-0.3, -0.25) is 0 Å². The van der Waals surface area contributed by atoms with Crippen molar-refractivity contribution in [2.24, 2.45) is 0 Å². The van der Waals surface area contributed by atoms with Gasteiger partial charge in [-0.2, -0.15) is 0 Å². The number of anilines is 1. The van der Waals surface area contributed by atoms with Gasteiger partial charge in [-0.25, -0.2) is 4.98 Å².